The number of fused-ring (bicyclic) bond motifs is 1. The fourth-order valence-corrected chi connectivity index (χ4v) is 5.68. The Bertz CT molecular complexity index is 1020. The summed E-state index contributed by atoms with van der Waals surface area (Å²) in [5, 5.41) is 22.0. The van der Waals surface area contributed by atoms with Crippen LogP contribution in [0.3, 0.4) is 0 Å². The predicted molar refractivity (Wildman–Crippen MR) is 130 cm³/mol. The molecule has 2 aromatic rings. The Kier molecular flexibility index (Phi) is 6.72. The summed E-state index contributed by atoms with van der Waals surface area (Å²) in [6.07, 6.45) is 6.00. The van der Waals surface area contributed by atoms with Crippen molar-refractivity contribution >= 4 is 40.2 Å². The van der Waals surface area contributed by atoms with Crippen molar-refractivity contribution in [1.82, 2.24) is 4.90 Å². The number of thiocarbonyl (C=S) groups is 1. The first-order valence-electron chi connectivity index (χ1n) is 10.9. The van der Waals surface area contributed by atoms with E-state index < -0.39 is 5.97 Å². The van der Waals surface area contributed by atoms with Gasteiger partial charge in [0.2, 0.25) is 0 Å². The molecule has 0 unspecified atom stereocenters. The maximum Gasteiger partial charge on any atom is 0.306 e. The maximum atomic E-state index is 11.1. The number of nitrogens with zero attached hydrogens (tertiary/aromatic N) is 2. The van der Waals surface area contributed by atoms with Crippen LogP contribution in [0.25, 0.3) is 10.4 Å². The van der Waals surface area contributed by atoms with Gasteiger partial charge in [-0.05, 0) is 68.2 Å². The number of carboxylic acid groups (broad SMARTS) is 1. The molecule has 1 aromatic carbocycles. The van der Waals surface area contributed by atoms with E-state index in [2.05, 4.69) is 28.1 Å². The largest absolute Gasteiger partial charge is 0.506 e. The lowest BCUT2D eigenvalue weighted by Gasteiger charge is -2.31. The highest BCUT2D eigenvalue weighted by Crippen LogP contribution is 2.40. The lowest BCUT2D eigenvalue weighted by molar-refractivity contribution is -0.143. The zero-order valence-corrected chi connectivity index (χ0v) is 19.4. The lowest BCUT2D eigenvalue weighted by atomic mass is 9.90. The number of aliphatic carboxylic acids is 1. The van der Waals surface area contributed by atoms with Gasteiger partial charge in [-0.2, -0.15) is 0 Å². The minimum Gasteiger partial charge on any atom is -0.506 e. The zero-order chi connectivity index (χ0) is 22.0. The number of thiophene rings is 1. The topological polar surface area (TPSA) is 73.1 Å². The molecule has 0 amide bonds. The number of rotatable bonds is 5. The van der Waals surface area contributed by atoms with E-state index in [1.165, 1.54) is 24.0 Å². The van der Waals surface area contributed by atoms with Gasteiger partial charge in [0.05, 0.1) is 22.3 Å². The monoisotopic (exact) mass is 456 g/mol. The summed E-state index contributed by atoms with van der Waals surface area (Å²) in [7, 11) is 0. The Morgan fingerprint density at radius 2 is 1.94 bits per heavy atom. The molecule has 1 aliphatic carbocycles. The molecule has 1 aliphatic heterocycles. The Morgan fingerprint density at radius 1 is 1.23 bits per heavy atom. The molecule has 1 saturated heterocycles. The third kappa shape index (κ3) is 4.83. The number of likely N-dealkylation sites (tertiary alicyclic amines) is 1. The molecule has 0 bridgehead atoms. The summed E-state index contributed by atoms with van der Waals surface area (Å²) in [4.78, 5) is 19.4. The molecule has 0 radical (unpaired) electrons. The van der Waals surface area contributed by atoms with Crippen molar-refractivity contribution in [1.29, 1.82) is 0 Å². The van der Waals surface area contributed by atoms with E-state index in [9.17, 15) is 9.90 Å². The first-order chi connectivity index (χ1) is 14.9. The van der Waals surface area contributed by atoms with Crippen LogP contribution in [0.4, 0.5) is 0 Å². The second-order valence-electron chi connectivity index (χ2n) is 8.41. The van der Waals surface area contributed by atoms with Gasteiger partial charge in [-0.15, -0.1) is 11.3 Å². The van der Waals surface area contributed by atoms with E-state index in [-0.39, 0.29) is 11.7 Å². The Balaban J connectivity index is 1.43. The van der Waals surface area contributed by atoms with Crippen molar-refractivity contribution in [2.45, 2.75) is 45.4 Å². The summed E-state index contributed by atoms with van der Waals surface area (Å²) < 4.78 is 0. The van der Waals surface area contributed by atoms with Crippen LogP contribution < -0.4 is 0 Å². The van der Waals surface area contributed by atoms with Crippen molar-refractivity contribution in [3.63, 3.8) is 0 Å². The average Bonchev–Trinajstić information content (AvgIpc) is 3.18. The van der Waals surface area contributed by atoms with E-state index >= 15 is 0 Å². The fourth-order valence-electron chi connectivity index (χ4n) is 4.44. The van der Waals surface area contributed by atoms with Crippen LogP contribution in [-0.2, 0) is 17.6 Å². The van der Waals surface area contributed by atoms with Crippen molar-refractivity contribution in [3.05, 3.63) is 40.3 Å². The van der Waals surface area contributed by atoms with E-state index in [0.29, 0.717) is 32.5 Å². The molecule has 0 atom stereocenters. The molecular formula is C24H28N2O3S2. The number of carbonyl (C=O) groups is 1. The quantitative estimate of drug-likeness (QED) is 0.493. The second-order valence-corrected chi connectivity index (χ2v) is 9.76. The van der Waals surface area contributed by atoms with Crippen LogP contribution in [0, 0.1) is 5.92 Å². The van der Waals surface area contributed by atoms with Crippen LogP contribution in [0.1, 0.15) is 49.3 Å². The molecule has 31 heavy (non-hydrogen) atoms. The molecule has 4 rings (SSSR count). The van der Waals surface area contributed by atoms with Gasteiger partial charge in [0.15, 0.2) is 0 Å². The molecule has 7 heteroatoms. The first kappa shape index (κ1) is 22.0. The van der Waals surface area contributed by atoms with Crippen LogP contribution in [0.15, 0.2) is 28.6 Å². The van der Waals surface area contributed by atoms with Gasteiger partial charge in [-0.3, -0.25) is 9.79 Å². The van der Waals surface area contributed by atoms with Crippen LogP contribution in [0.5, 0.6) is 5.75 Å². The molecule has 1 aromatic heterocycles. The number of carboxylic acids is 1. The molecule has 2 N–H and O–H groups in total. The SMILES string of the molecule is CC(=NCC(=S)N1CCC(C(=O)O)CC1)c1csc(-c2ccc3c(c2)CCCC3)c1O. The molecule has 0 saturated carbocycles. The number of hydrogen-bond donors (Lipinski definition) is 2. The molecular weight excluding hydrogens is 428 g/mol. The summed E-state index contributed by atoms with van der Waals surface area (Å²) >= 11 is 7.07. The summed E-state index contributed by atoms with van der Waals surface area (Å²) in [6, 6.07) is 6.55. The summed E-state index contributed by atoms with van der Waals surface area (Å²) in [5.41, 5.74) is 5.43. The highest BCUT2D eigenvalue weighted by molar-refractivity contribution is 7.80. The summed E-state index contributed by atoms with van der Waals surface area (Å²) in [5.74, 6) is -0.702. The number of hydrogen-bond acceptors (Lipinski definition) is 5. The zero-order valence-electron chi connectivity index (χ0n) is 17.8. The smallest absolute Gasteiger partial charge is 0.306 e. The minimum atomic E-state index is -0.720. The van der Waals surface area contributed by atoms with Gasteiger partial charge in [-0.1, -0.05) is 24.4 Å². The minimum absolute atomic E-state index is 0.269. The second kappa shape index (κ2) is 9.49. The van der Waals surface area contributed by atoms with Gasteiger partial charge in [0.1, 0.15) is 5.75 Å². The Hall–Kier alpha value is -2.25. The van der Waals surface area contributed by atoms with Gasteiger partial charge < -0.3 is 15.1 Å². The number of aromatic hydroxyl groups is 1. The van der Waals surface area contributed by atoms with E-state index in [4.69, 9.17) is 17.3 Å². The first-order valence-corrected chi connectivity index (χ1v) is 12.2. The van der Waals surface area contributed by atoms with Crippen LogP contribution in [-0.4, -0.2) is 51.4 Å². The average molecular weight is 457 g/mol. The molecule has 5 nitrogen and oxygen atoms in total. The van der Waals surface area contributed by atoms with Crippen molar-refractivity contribution < 1.29 is 15.0 Å². The normalized spacial score (nSPS) is 17.5. The predicted octanol–water partition coefficient (Wildman–Crippen LogP) is 4.93. The molecule has 2 aliphatic rings. The van der Waals surface area contributed by atoms with E-state index in [1.54, 1.807) is 11.3 Å². The number of piperidine rings is 1. The standard InChI is InChI=1S/C24H28N2O3S2/c1-15(25-13-21(30)26-10-8-17(9-11-26)24(28)29)20-14-31-23(22(20)27)19-7-6-16-4-2-3-5-18(16)12-19/h6-7,12,14,17,27H,2-5,8-11,13H2,1H3,(H,28,29). The Morgan fingerprint density at radius 3 is 2.65 bits per heavy atom. The van der Waals surface area contributed by atoms with Gasteiger partial charge in [0.25, 0.3) is 0 Å². The van der Waals surface area contributed by atoms with Crippen molar-refractivity contribution in [2.24, 2.45) is 10.9 Å². The molecule has 2 heterocycles. The van der Waals surface area contributed by atoms with Crippen LogP contribution in [0.2, 0.25) is 0 Å². The number of aryl methyl sites for hydroxylation is 2. The lowest BCUT2D eigenvalue weighted by Crippen LogP contribution is -2.40. The van der Waals surface area contributed by atoms with E-state index in [1.807, 2.05) is 12.3 Å². The van der Waals surface area contributed by atoms with Crippen molar-refractivity contribution in [3.8, 4) is 16.2 Å². The highest BCUT2D eigenvalue weighted by atomic mass is 32.1. The molecule has 0 spiro atoms. The molecule has 164 valence electrons. The third-order valence-electron chi connectivity index (χ3n) is 6.41. The highest BCUT2D eigenvalue weighted by Gasteiger charge is 2.25. The van der Waals surface area contributed by atoms with Gasteiger partial charge in [-0.25, -0.2) is 0 Å². The third-order valence-corrected chi connectivity index (χ3v) is 7.82. The molecule has 1 fully saturated rings. The number of benzene rings is 1. The van der Waals surface area contributed by atoms with Gasteiger partial charge in [0, 0.05) is 29.7 Å². The van der Waals surface area contributed by atoms with Crippen LogP contribution >= 0.6 is 23.6 Å². The summed E-state index contributed by atoms with van der Waals surface area (Å²) in [6.45, 7) is 3.60. The maximum absolute atomic E-state index is 11.1. The van der Waals surface area contributed by atoms with Crippen molar-refractivity contribution in [2.75, 3.05) is 19.6 Å². The van der Waals surface area contributed by atoms with E-state index in [0.717, 1.165) is 39.5 Å². The Labute approximate surface area is 192 Å². The number of aliphatic imine (C=N–C) groups is 1. The fraction of sp³-hybridized carbons (Fsp3) is 0.458. The van der Waals surface area contributed by atoms with Gasteiger partial charge >= 0.3 is 5.97 Å².